The van der Waals surface area contributed by atoms with E-state index in [2.05, 4.69) is 0 Å². The van der Waals surface area contributed by atoms with Crippen LogP contribution in [0, 0.1) is 5.92 Å². The summed E-state index contributed by atoms with van der Waals surface area (Å²) in [4.78, 5) is 11.9. The normalized spacial score (nSPS) is 12.5. The molecule has 2 N–H and O–H groups in total. The van der Waals surface area contributed by atoms with Crippen LogP contribution in [-0.4, -0.2) is 12.3 Å². The molecule has 0 radical (unpaired) electrons. The van der Waals surface area contributed by atoms with Gasteiger partial charge in [0.05, 0.1) is 0 Å². The zero-order valence-electron chi connectivity index (χ0n) is 9.88. The van der Waals surface area contributed by atoms with E-state index in [0.717, 1.165) is 6.42 Å². The summed E-state index contributed by atoms with van der Waals surface area (Å²) < 4.78 is 0. The fourth-order valence-electron chi connectivity index (χ4n) is 1.69. The highest BCUT2D eigenvalue weighted by atomic mass is 35.5. The predicted octanol–water partition coefficient (Wildman–Crippen LogP) is 3.48. The van der Waals surface area contributed by atoms with Crippen molar-refractivity contribution in [1.82, 2.24) is 0 Å². The van der Waals surface area contributed by atoms with E-state index in [-0.39, 0.29) is 18.1 Å². The van der Waals surface area contributed by atoms with Crippen LogP contribution in [0.25, 0.3) is 0 Å². The minimum absolute atomic E-state index is 0.136. The maximum Gasteiger partial charge on any atom is 0.137 e. The monoisotopic (exact) mass is 273 g/mol. The van der Waals surface area contributed by atoms with Crippen molar-refractivity contribution in [3.63, 3.8) is 0 Å². The van der Waals surface area contributed by atoms with Crippen molar-refractivity contribution in [1.29, 1.82) is 0 Å². The molecule has 2 nitrogen and oxygen atoms in total. The lowest BCUT2D eigenvalue weighted by Gasteiger charge is -2.11. The predicted molar refractivity (Wildman–Crippen MR) is 72.6 cm³/mol. The summed E-state index contributed by atoms with van der Waals surface area (Å²) in [5, 5.41) is 1.10. The quantitative estimate of drug-likeness (QED) is 0.863. The summed E-state index contributed by atoms with van der Waals surface area (Å²) in [6.45, 7) is 2.58. The van der Waals surface area contributed by atoms with Crippen LogP contribution in [0.3, 0.4) is 0 Å². The number of carbonyl (C=O) groups excluding carboxylic acids is 1. The molecule has 1 aromatic carbocycles. The topological polar surface area (TPSA) is 43.1 Å². The van der Waals surface area contributed by atoms with Crippen LogP contribution in [0.15, 0.2) is 18.2 Å². The lowest BCUT2D eigenvalue weighted by molar-refractivity contribution is -0.119. The van der Waals surface area contributed by atoms with E-state index in [9.17, 15) is 4.79 Å². The molecule has 0 bridgehead atoms. The number of nitrogens with two attached hydrogens (primary N) is 1. The van der Waals surface area contributed by atoms with Crippen molar-refractivity contribution in [3.8, 4) is 0 Å². The molecule has 4 heteroatoms. The van der Waals surface area contributed by atoms with Crippen LogP contribution in [0.4, 0.5) is 0 Å². The highest BCUT2D eigenvalue weighted by Crippen LogP contribution is 2.25. The highest BCUT2D eigenvalue weighted by Gasteiger charge is 2.14. The van der Waals surface area contributed by atoms with Crippen LogP contribution in [0.5, 0.6) is 0 Å². The number of rotatable bonds is 6. The second kappa shape index (κ2) is 7.00. The van der Waals surface area contributed by atoms with Gasteiger partial charge >= 0.3 is 0 Å². The van der Waals surface area contributed by atoms with Gasteiger partial charge in [-0.2, -0.15) is 0 Å². The standard InChI is InChI=1S/C13H17Cl2NO/c1-2-9(8-16)6-10(17)7-11-12(14)4-3-5-13(11)15/h3-5,9H,2,6-8,16H2,1H3. The van der Waals surface area contributed by atoms with Crippen LogP contribution in [0.1, 0.15) is 25.3 Å². The van der Waals surface area contributed by atoms with Gasteiger partial charge in [0, 0.05) is 22.9 Å². The molecule has 1 rings (SSSR count). The van der Waals surface area contributed by atoms with Crippen molar-refractivity contribution in [2.45, 2.75) is 26.2 Å². The van der Waals surface area contributed by atoms with Gasteiger partial charge < -0.3 is 5.73 Å². The van der Waals surface area contributed by atoms with Crippen molar-refractivity contribution < 1.29 is 4.79 Å². The summed E-state index contributed by atoms with van der Waals surface area (Å²) >= 11 is 12.0. The average molecular weight is 274 g/mol. The van der Waals surface area contributed by atoms with Crippen molar-refractivity contribution >= 4 is 29.0 Å². The minimum atomic E-state index is 0.136. The molecule has 0 saturated heterocycles. The SMILES string of the molecule is CCC(CN)CC(=O)Cc1c(Cl)cccc1Cl. The summed E-state index contributed by atoms with van der Waals surface area (Å²) in [5.41, 5.74) is 6.30. The molecule has 0 aliphatic heterocycles. The van der Waals surface area contributed by atoms with E-state index in [1.807, 2.05) is 6.92 Å². The second-order valence-electron chi connectivity index (χ2n) is 4.13. The lowest BCUT2D eigenvalue weighted by atomic mass is 9.96. The van der Waals surface area contributed by atoms with Gasteiger partial charge in [0.15, 0.2) is 0 Å². The third-order valence-corrected chi connectivity index (χ3v) is 3.57. The molecule has 1 unspecified atom stereocenters. The Kier molecular flexibility index (Phi) is 5.96. The van der Waals surface area contributed by atoms with Crippen LogP contribution in [0.2, 0.25) is 10.0 Å². The molecular formula is C13H17Cl2NO. The third-order valence-electron chi connectivity index (χ3n) is 2.86. The number of benzene rings is 1. The number of hydrogen-bond donors (Lipinski definition) is 1. The summed E-state index contributed by atoms with van der Waals surface area (Å²) in [7, 11) is 0. The highest BCUT2D eigenvalue weighted by molar-refractivity contribution is 6.36. The Morgan fingerprint density at radius 3 is 2.41 bits per heavy atom. The number of Topliss-reactive ketones (excluding diaryl/α,β-unsaturated/α-hetero) is 1. The Morgan fingerprint density at radius 2 is 1.94 bits per heavy atom. The van der Waals surface area contributed by atoms with E-state index in [0.29, 0.717) is 28.6 Å². The number of ketones is 1. The van der Waals surface area contributed by atoms with E-state index in [1.165, 1.54) is 0 Å². The fourth-order valence-corrected chi connectivity index (χ4v) is 2.22. The molecule has 1 atom stereocenters. The van der Waals surface area contributed by atoms with Gasteiger partial charge in [-0.05, 0) is 30.2 Å². The Hall–Kier alpha value is -0.570. The zero-order valence-corrected chi connectivity index (χ0v) is 11.4. The smallest absolute Gasteiger partial charge is 0.137 e. The minimum Gasteiger partial charge on any atom is -0.330 e. The molecule has 0 aliphatic rings. The van der Waals surface area contributed by atoms with Gasteiger partial charge in [-0.15, -0.1) is 0 Å². The Bertz CT molecular complexity index is 369. The molecular weight excluding hydrogens is 257 g/mol. The zero-order chi connectivity index (χ0) is 12.8. The van der Waals surface area contributed by atoms with Gasteiger partial charge in [-0.1, -0.05) is 42.6 Å². The lowest BCUT2D eigenvalue weighted by Crippen LogP contribution is -2.18. The van der Waals surface area contributed by atoms with E-state index >= 15 is 0 Å². The first-order valence-corrected chi connectivity index (χ1v) is 6.48. The molecule has 94 valence electrons. The largest absolute Gasteiger partial charge is 0.330 e. The number of hydrogen-bond acceptors (Lipinski definition) is 2. The van der Waals surface area contributed by atoms with E-state index in [1.54, 1.807) is 18.2 Å². The van der Waals surface area contributed by atoms with Crippen LogP contribution < -0.4 is 5.73 Å². The molecule has 0 saturated carbocycles. The Morgan fingerprint density at radius 1 is 1.35 bits per heavy atom. The first-order valence-electron chi connectivity index (χ1n) is 5.73. The first-order chi connectivity index (χ1) is 8.08. The molecule has 0 amide bonds. The molecule has 0 fully saturated rings. The number of carbonyl (C=O) groups is 1. The van der Waals surface area contributed by atoms with Crippen LogP contribution >= 0.6 is 23.2 Å². The summed E-state index contributed by atoms with van der Waals surface area (Å²) in [6.07, 6.45) is 1.70. The van der Waals surface area contributed by atoms with Gasteiger partial charge in [0.25, 0.3) is 0 Å². The molecule has 0 aromatic heterocycles. The molecule has 0 spiro atoms. The molecule has 0 aliphatic carbocycles. The summed E-state index contributed by atoms with van der Waals surface area (Å²) in [6, 6.07) is 5.26. The van der Waals surface area contributed by atoms with Gasteiger partial charge in [-0.25, -0.2) is 0 Å². The van der Waals surface area contributed by atoms with Gasteiger partial charge in [0.1, 0.15) is 5.78 Å². The fraction of sp³-hybridized carbons (Fsp3) is 0.462. The number of halogens is 2. The van der Waals surface area contributed by atoms with Crippen molar-refractivity contribution in [2.75, 3.05) is 6.54 Å². The van der Waals surface area contributed by atoms with E-state index < -0.39 is 0 Å². The average Bonchev–Trinajstić information content (AvgIpc) is 2.31. The second-order valence-corrected chi connectivity index (χ2v) is 4.94. The van der Waals surface area contributed by atoms with Gasteiger partial charge in [0.2, 0.25) is 0 Å². The third kappa shape index (κ3) is 4.30. The van der Waals surface area contributed by atoms with Crippen molar-refractivity contribution in [3.05, 3.63) is 33.8 Å². The molecule has 0 heterocycles. The van der Waals surface area contributed by atoms with Gasteiger partial charge in [-0.3, -0.25) is 4.79 Å². The maximum atomic E-state index is 11.9. The Labute approximate surface area is 112 Å². The molecule has 1 aromatic rings. The van der Waals surface area contributed by atoms with E-state index in [4.69, 9.17) is 28.9 Å². The Balaban J connectivity index is 2.68. The van der Waals surface area contributed by atoms with Crippen molar-refractivity contribution in [2.24, 2.45) is 11.7 Å². The molecule has 17 heavy (non-hydrogen) atoms. The van der Waals surface area contributed by atoms with Crippen LogP contribution in [-0.2, 0) is 11.2 Å². The maximum absolute atomic E-state index is 11.9. The first kappa shape index (κ1) is 14.5. The summed E-state index contributed by atoms with van der Waals surface area (Å²) in [5.74, 6) is 0.390.